The van der Waals surface area contributed by atoms with Gasteiger partial charge in [-0.05, 0) is 33.5 Å². The lowest BCUT2D eigenvalue weighted by molar-refractivity contribution is -0.129. The van der Waals surface area contributed by atoms with Crippen LogP contribution in [0.1, 0.15) is 10.4 Å². The first-order valence-electron chi connectivity index (χ1n) is 8.19. The number of rotatable bonds is 9. The first-order chi connectivity index (χ1) is 11.9. The van der Waals surface area contributed by atoms with E-state index in [0.29, 0.717) is 25.4 Å². The van der Waals surface area contributed by atoms with Crippen molar-refractivity contribution in [2.24, 2.45) is 0 Å². The van der Waals surface area contributed by atoms with Gasteiger partial charge < -0.3 is 14.5 Å². The van der Waals surface area contributed by atoms with E-state index in [4.69, 9.17) is 4.74 Å². The molecule has 8 heteroatoms. The topological polar surface area (TPSA) is 58.6 Å². The Morgan fingerprint density at radius 2 is 2.00 bits per heavy atom. The zero-order valence-corrected chi connectivity index (χ0v) is 17.2. The van der Waals surface area contributed by atoms with E-state index < -0.39 is 0 Å². The van der Waals surface area contributed by atoms with Gasteiger partial charge in [0.2, 0.25) is 5.91 Å². The molecule has 0 bridgehead atoms. The Bertz CT molecular complexity index is 718. The van der Waals surface area contributed by atoms with Gasteiger partial charge in [-0.1, -0.05) is 11.8 Å². The van der Waals surface area contributed by atoms with Gasteiger partial charge in [0.05, 0.1) is 12.4 Å². The zero-order valence-electron chi connectivity index (χ0n) is 15.5. The van der Waals surface area contributed by atoms with E-state index in [1.807, 2.05) is 19.0 Å². The van der Waals surface area contributed by atoms with Crippen LogP contribution in [0, 0.1) is 13.8 Å². The van der Waals surface area contributed by atoms with E-state index in [1.54, 1.807) is 24.8 Å². The molecule has 2 aromatic heterocycles. The number of methoxy groups -OCH3 is 1. The number of aryl methyl sites for hydroxylation is 2. The van der Waals surface area contributed by atoms with Gasteiger partial charge in [-0.15, -0.1) is 11.3 Å². The van der Waals surface area contributed by atoms with Crippen molar-refractivity contribution in [2.75, 3.05) is 53.2 Å². The quantitative estimate of drug-likeness (QED) is 0.490. The summed E-state index contributed by atoms with van der Waals surface area (Å²) in [5.41, 5.74) is 1.21. The third-order valence-electron chi connectivity index (χ3n) is 4.00. The molecule has 0 aliphatic rings. The summed E-state index contributed by atoms with van der Waals surface area (Å²) in [5.74, 6) is 0.484. The normalized spacial score (nSPS) is 11.4. The van der Waals surface area contributed by atoms with Crippen LogP contribution in [0.15, 0.2) is 11.4 Å². The van der Waals surface area contributed by atoms with Gasteiger partial charge >= 0.3 is 0 Å². The standard InChI is InChI=1S/C17H26N4O2S2/c1-12-13(2)25-17-15(12)16(18-11-19-17)24-10-14(22)21(8-9-23-5)7-6-20(3)4/h11H,6-10H2,1-5H3. The van der Waals surface area contributed by atoms with E-state index in [2.05, 4.69) is 28.7 Å². The van der Waals surface area contributed by atoms with Crippen molar-refractivity contribution in [2.45, 2.75) is 18.9 Å². The number of amides is 1. The second-order valence-electron chi connectivity index (χ2n) is 6.11. The van der Waals surface area contributed by atoms with Gasteiger partial charge in [-0.25, -0.2) is 9.97 Å². The fourth-order valence-corrected chi connectivity index (χ4v) is 4.38. The fraction of sp³-hybridized carbons (Fsp3) is 0.588. The maximum atomic E-state index is 12.7. The number of thiophene rings is 1. The van der Waals surface area contributed by atoms with E-state index in [0.717, 1.165) is 21.8 Å². The van der Waals surface area contributed by atoms with Crippen molar-refractivity contribution in [3.8, 4) is 0 Å². The van der Waals surface area contributed by atoms with E-state index in [-0.39, 0.29) is 5.91 Å². The van der Waals surface area contributed by atoms with Crippen LogP contribution in [-0.4, -0.2) is 78.9 Å². The molecule has 0 unspecified atom stereocenters. The van der Waals surface area contributed by atoms with Crippen LogP contribution in [0.4, 0.5) is 0 Å². The predicted molar refractivity (Wildman–Crippen MR) is 105 cm³/mol. The molecular weight excluding hydrogens is 356 g/mol. The van der Waals surface area contributed by atoms with Crippen molar-refractivity contribution >= 4 is 39.2 Å². The third kappa shape index (κ3) is 5.37. The Balaban J connectivity index is 2.06. The van der Waals surface area contributed by atoms with Crippen LogP contribution in [0.25, 0.3) is 10.2 Å². The lowest BCUT2D eigenvalue weighted by Gasteiger charge is -2.24. The first-order valence-corrected chi connectivity index (χ1v) is 9.99. The molecule has 0 saturated heterocycles. The number of ether oxygens (including phenoxy) is 1. The number of nitrogens with zero attached hydrogens (tertiary/aromatic N) is 4. The average Bonchev–Trinajstić information content (AvgIpc) is 2.87. The number of hydrogen-bond donors (Lipinski definition) is 0. The number of likely N-dealkylation sites (N-methyl/N-ethyl adjacent to an activating group) is 1. The highest BCUT2D eigenvalue weighted by atomic mass is 32.2. The highest BCUT2D eigenvalue weighted by molar-refractivity contribution is 8.00. The summed E-state index contributed by atoms with van der Waals surface area (Å²) < 4.78 is 5.13. The molecule has 6 nitrogen and oxygen atoms in total. The van der Waals surface area contributed by atoms with Gasteiger partial charge in [0.15, 0.2) is 0 Å². The molecule has 1 amide bonds. The monoisotopic (exact) mass is 382 g/mol. The predicted octanol–water partition coefficient (Wildman–Crippen LogP) is 2.44. The molecule has 0 spiro atoms. The summed E-state index contributed by atoms with van der Waals surface area (Å²) in [4.78, 5) is 27.6. The molecule has 0 N–H and O–H groups in total. The molecule has 0 saturated carbocycles. The number of carbonyl (C=O) groups excluding carboxylic acids is 1. The van der Waals surface area contributed by atoms with Gasteiger partial charge in [0, 0.05) is 37.0 Å². The van der Waals surface area contributed by atoms with Crippen LogP contribution >= 0.6 is 23.1 Å². The van der Waals surface area contributed by atoms with E-state index in [1.165, 1.54) is 22.2 Å². The molecular formula is C17H26N4O2S2. The highest BCUT2D eigenvalue weighted by Gasteiger charge is 2.17. The Hall–Kier alpha value is -1.22. The number of hydrogen-bond acceptors (Lipinski definition) is 7. The number of thioether (sulfide) groups is 1. The Morgan fingerprint density at radius 3 is 2.68 bits per heavy atom. The molecule has 2 heterocycles. The molecule has 25 heavy (non-hydrogen) atoms. The Kier molecular flexibility index (Phi) is 7.61. The maximum Gasteiger partial charge on any atom is 0.233 e. The summed E-state index contributed by atoms with van der Waals surface area (Å²) in [5, 5.41) is 1.97. The maximum absolute atomic E-state index is 12.7. The molecule has 0 radical (unpaired) electrons. The van der Waals surface area contributed by atoms with Crippen LogP contribution in [-0.2, 0) is 9.53 Å². The summed E-state index contributed by atoms with van der Waals surface area (Å²) in [7, 11) is 5.67. The number of fused-ring (bicyclic) bond motifs is 1. The van der Waals surface area contributed by atoms with Crippen molar-refractivity contribution in [1.29, 1.82) is 0 Å². The molecule has 2 rings (SSSR count). The lowest BCUT2D eigenvalue weighted by atomic mass is 10.2. The summed E-state index contributed by atoms with van der Waals surface area (Å²) in [6.07, 6.45) is 1.58. The summed E-state index contributed by atoms with van der Waals surface area (Å²) in [6, 6.07) is 0. The SMILES string of the molecule is COCCN(CCN(C)C)C(=O)CSc1ncnc2sc(C)c(C)c12. The molecule has 0 aliphatic heterocycles. The zero-order chi connectivity index (χ0) is 18.4. The van der Waals surface area contributed by atoms with Gasteiger partial charge in [-0.3, -0.25) is 4.79 Å². The summed E-state index contributed by atoms with van der Waals surface area (Å²) >= 11 is 3.17. The minimum atomic E-state index is 0.111. The van der Waals surface area contributed by atoms with Crippen LogP contribution < -0.4 is 0 Å². The van der Waals surface area contributed by atoms with Crippen LogP contribution in [0.5, 0.6) is 0 Å². The number of aromatic nitrogens is 2. The Morgan fingerprint density at radius 1 is 1.24 bits per heavy atom. The van der Waals surface area contributed by atoms with Gasteiger partial charge in [0.25, 0.3) is 0 Å². The second kappa shape index (κ2) is 9.47. The Labute approximate surface area is 157 Å². The van der Waals surface area contributed by atoms with E-state index in [9.17, 15) is 4.79 Å². The van der Waals surface area contributed by atoms with Gasteiger partial charge in [0.1, 0.15) is 16.2 Å². The second-order valence-corrected chi connectivity index (χ2v) is 8.28. The smallest absolute Gasteiger partial charge is 0.233 e. The third-order valence-corrected chi connectivity index (χ3v) is 6.09. The fourth-order valence-electron chi connectivity index (χ4n) is 2.36. The molecule has 0 aliphatic carbocycles. The lowest BCUT2D eigenvalue weighted by Crippen LogP contribution is -2.39. The number of carbonyl (C=O) groups is 1. The van der Waals surface area contributed by atoms with Crippen molar-refractivity contribution in [3.05, 3.63) is 16.8 Å². The largest absolute Gasteiger partial charge is 0.383 e. The molecule has 2 aromatic rings. The average molecular weight is 383 g/mol. The summed E-state index contributed by atoms with van der Waals surface area (Å²) in [6.45, 7) is 6.87. The van der Waals surface area contributed by atoms with Crippen LogP contribution in [0.2, 0.25) is 0 Å². The molecule has 0 atom stereocenters. The van der Waals surface area contributed by atoms with Crippen molar-refractivity contribution < 1.29 is 9.53 Å². The van der Waals surface area contributed by atoms with Crippen LogP contribution in [0.3, 0.4) is 0 Å². The van der Waals surface area contributed by atoms with Crippen molar-refractivity contribution in [3.63, 3.8) is 0 Å². The molecule has 0 aromatic carbocycles. The minimum absolute atomic E-state index is 0.111. The highest BCUT2D eigenvalue weighted by Crippen LogP contribution is 2.34. The van der Waals surface area contributed by atoms with E-state index >= 15 is 0 Å². The molecule has 0 fully saturated rings. The minimum Gasteiger partial charge on any atom is -0.383 e. The first kappa shape index (κ1) is 20.1. The van der Waals surface area contributed by atoms with Gasteiger partial charge in [-0.2, -0.15) is 0 Å². The van der Waals surface area contributed by atoms with Crippen molar-refractivity contribution in [1.82, 2.24) is 19.8 Å². The molecule has 138 valence electrons.